The number of benzene rings is 1. The van der Waals surface area contributed by atoms with Crippen molar-refractivity contribution in [2.24, 2.45) is 0 Å². The Balaban J connectivity index is 1.51. The first-order chi connectivity index (χ1) is 14.2. The van der Waals surface area contributed by atoms with Crippen LogP contribution in [0.25, 0.3) is 0 Å². The Kier molecular flexibility index (Phi) is 7.22. The van der Waals surface area contributed by atoms with E-state index in [1.165, 1.54) is 12.8 Å². The molecule has 0 saturated heterocycles. The molecule has 3 rings (SSSR count). The average Bonchev–Trinajstić information content (AvgIpc) is 3.25. The van der Waals surface area contributed by atoms with E-state index in [-0.39, 0.29) is 18.0 Å². The largest absolute Gasteiger partial charge is 0.474 e. The summed E-state index contributed by atoms with van der Waals surface area (Å²) in [6.07, 6.45) is 7.98. The lowest BCUT2D eigenvalue weighted by atomic mass is 10.2. The van der Waals surface area contributed by atoms with E-state index in [2.05, 4.69) is 27.5 Å². The summed E-state index contributed by atoms with van der Waals surface area (Å²) in [7, 11) is 0. The summed E-state index contributed by atoms with van der Waals surface area (Å²) in [5.41, 5.74) is 1.95. The number of nitrogens with zero attached hydrogens (tertiary/aromatic N) is 1. The van der Waals surface area contributed by atoms with Crippen molar-refractivity contribution in [2.75, 3.05) is 11.9 Å². The molecule has 0 spiro atoms. The van der Waals surface area contributed by atoms with Gasteiger partial charge in [-0.05, 0) is 56.0 Å². The fourth-order valence-electron chi connectivity index (χ4n) is 3.15. The molecule has 1 aliphatic carbocycles. The van der Waals surface area contributed by atoms with Gasteiger partial charge < -0.3 is 20.7 Å². The van der Waals surface area contributed by atoms with E-state index < -0.39 is 0 Å². The van der Waals surface area contributed by atoms with Crippen LogP contribution in [0.1, 0.15) is 41.6 Å². The molecule has 1 heterocycles. The van der Waals surface area contributed by atoms with E-state index in [9.17, 15) is 9.59 Å². The van der Waals surface area contributed by atoms with Crippen molar-refractivity contribution in [1.82, 2.24) is 15.6 Å². The number of urea groups is 1. The molecule has 0 bridgehead atoms. The van der Waals surface area contributed by atoms with Crippen molar-refractivity contribution in [3.05, 3.63) is 66.4 Å². The van der Waals surface area contributed by atoms with Crippen LogP contribution < -0.4 is 20.7 Å². The molecule has 1 aromatic carbocycles. The second kappa shape index (κ2) is 10.3. The van der Waals surface area contributed by atoms with Crippen LogP contribution in [-0.2, 0) is 6.54 Å². The topological polar surface area (TPSA) is 92.4 Å². The lowest BCUT2D eigenvalue weighted by Crippen LogP contribution is -2.28. The molecule has 0 radical (unpaired) electrons. The Labute approximate surface area is 170 Å². The summed E-state index contributed by atoms with van der Waals surface area (Å²) in [5, 5.41) is 8.28. The van der Waals surface area contributed by atoms with Gasteiger partial charge in [0.15, 0.2) is 0 Å². The summed E-state index contributed by atoms with van der Waals surface area (Å²) in [5.74, 6) is 0.391. The van der Waals surface area contributed by atoms with E-state index in [0.717, 1.165) is 18.4 Å². The van der Waals surface area contributed by atoms with Crippen LogP contribution in [-0.4, -0.2) is 29.6 Å². The van der Waals surface area contributed by atoms with Gasteiger partial charge in [-0.25, -0.2) is 9.78 Å². The molecule has 29 heavy (non-hydrogen) atoms. The number of rotatable bonds is 8. The standard InChI is InChI=1S/C22H26N4O3/c1-2-13-23-20(27)16-9-11-18(12-10-16)26-22(28)25-15-17-6-5-14-24-21(17)29-19-7-3-4-8-19/h2,5-6,9-12,14,19H,1,3-4,7-8,13,15H2,(H,23,27)(H2,25,26,28). The van der Waals surface area contributed by atoms with Crippen molar-refractivity contribution in [1.29, 1.82) is 0 Å². The number of hydrogen-bond acceptors (Lipinski definition) is 4. The van der Waals surface area contributed by atoms with Crippen LogP contribution in [0.15, 0.2) is 55.3 Å². The Morgan fingerprint density at radius 3 is 2.62 bits per heavy atom. The van der Waals surface area contributed by atoms with Crippen LogP contribution in [0.3, 0.4) is 0 Å². The van der Waals surface area contributed by atoms with Gasteiger partial charge in [-0.1, -0.05) is 12.1 Å². The minimum Gasteiger partial charge on any atom is -0.474 e. The van der Waals surface area contributed by atoms with Gasteiger partial charge >= 0.3 is 6.03 Å². The first-order valence-corrected chi connectivity index (χ1v) is 9.80. The van der Waals surface area contributed by atoms with E-state index >= 15 is 0 Å². The second-order valence-electron chi connectivity index (χ2n) is 6.88. The Hall–Kier alpha value is -3.35. The van der Waals surface area contributed by atoms with Crippen LogP contribution >= 0.6 is 0 Å². The molecule has 2 aromatic rings. The number of anilines is 1. The first kappa shape index (κ1) is 20.4. The summed E-state index contributed by atoms with van der Waals surface area (Å²) in [4.78, 5) is 28.4. The van der Waals surface area contributed by atoms with Crippen LogP contribution in [0, 0.1) is 0 Å². The minimum absolute atomic E-state index is 0.188. The minimum atomic E-state index is -0.343. The van der Waals surface area contributed by atoms with Crippen molar-refractivity contribution in [3.63, 3.8) is 0 Å². The highest BCUT2D eigenvalue weighted by atomic mass is 16.5. The lowest BCUT2D eigenvalue weighted by Gasteiger charge is -2.15. The van der Waals surface area contributed by atoms with E-state index in [1.54, 1.807) is 36.5 Å². The number of ether oxygens (including phenoxy) is 1. The van der Waals surface area contributed by atoms with Gasteiger partial charge in [-0.15, -0.1) is 6.58 Å². The van der Waals surface area contributed by atoms with Crippen LogP contribution in [0.5, 0.6) is 5.88 Å². The third kappa shape index (κ3) is 6.07. The highest BCUT2D eigenvalue weighted by Gasteiger charge is 2.18. The maximum atomic E-state index is 12.2. The van der Waals surface area contributed by atoms with Crippen LogP contribution in [0.2, 0.25) is 0 Å². The fourth-order valence-corrected chi connectivity index (χ4v) is 3.15. The molecular weight excluding hydrogens is 368 g/mol. The molecule has 1 aliphatic rings. The third-order valence-electron chi connectivity index (χ3n) is 4.68. The SMILES string of the molecule is C=CCNC(=O)c1ccc(NC(=O)NCc2cccnc2OC2CCCC2)cc1. The number of pyridine rings is 1. The molecule has 1 aromatic heterocycles. The molecule has 0 unspecified atom stereocenters. The molecular formula is C22H26N4O3. The summed E-state index contributed by atoms with van der Waals surface area (Å²) < 4.78 is 5.99. The number of aromatic nitrogens is 1. The molecule has 0 atom stereocenters. The number of amides is 3. The van der Waals surface area contributed by atoms with Gasteiger partial charge in [0.25, 0.3) is 5.91 Å². The maximum absolute atomic E-state index is 12.2. The first-order valence-electron chi connectivity index (χ1n) is 9.80. The van der Waals surface area contributed by atoms with E-state index in [0.29, 0.717) is 30.2 Å². The van der Waals surface area contributed by atoms with Crippen molar-refractivity contribution in [3.8, 4) is 5.88 Å². The Morgan fingerprint density at radius 2 is 1.90 bits per heavy atom. The molecule has 3 N–H and O–H groups in total. The summed E-state index contributed by atoms with van der Waals surface area (Å²) >= 11 is 0. The van der Waals surface area contributed by atoms with Gasteiger partial charge in [-0.2, -0.15) is 0 Å². The number of nitrogens with one attached hydrogen (secondary N) is 3. The predicted molar refractivity (Wildman–Crippen MR) is 112 cm³/mol. The third-order valence-corrected chi connectivity index (χ3v) is 4.68. The zero-order chi connectivity index (χ0) is 20.5. The molecule has 7 heteroatoms. The Morgan fingerprint density at radius 1 is 1.14 bits per heavy atom. The van der Waals surface area contributed by atoms with Gasteiger partial charge in [0.2, 0.25) is 5.88 Å². The lowest BCUT2D eigenvalue weighted by molar-refractivity contribution is 0.0958. The molecule has 7 nitrogen and oxygen atoms in total. The zero-order valence-corrected chi connectivity index (χ0v) is 16.3. The molecule has 152 valence electrons. The molecule has 3 amide bonds. The van der Waals surface area contributed by atoms with E-state index in [1.807, 2.05) is 12.1 Å². The highest BCUT2D eigenvalue weighted by Crippen LogP contribution is 2.25. The smallest absolute Gasteiger partial charge is 0.319 e. The number of hydrogen-bond donors (Lipinski definition) is 3. The predicted octanol–water partition coefficient (Wildman–Crippen LogP) is 3.64. The average molecular weight is 394 g/mol. The Bertz CT molecular complexity index is 845. The van der Waals surface area contributed by atoms with Gasteiger partial charge in [0, 0.05) is 36.1 Å². The second-order valence-corrected chi connectivity index (χ2v) is 6.88. The molecule has 1 fully saturated rings. The monoisotopic (exact) mass is 394 g/mol. The summed E-state index contributed by atoms with van der Waals surface area (Å²) in [6, 6.07) is 10.1. The fraction of sp³-hybridized carbons (Fsp3) is 0.318. The van der Waals surface area contributed by atoms with E-state index in [4.69, 9.17) is 4.74 Å². The summed E-state index contributed by atoms with van der Waals surface area (Å²) in [6.45, 7) is 4.28. The highest BCUT2D eigenvalue weighted by molar-refractivity contribution is 5.95. The van der Waals surface area contributed by atoms with Gasteiger partial charge in [0.1, 0.15) is 6.10 Å². The zero-order valence-electron chi connectivity index (χ0n) is 16.3. The normalized spacial score (nSPS) is 13.5. The van der Waals surface area contributed by atoms with Gasteiger partial charge in [-0.3, -0.25) is 4.79 Å². The molecule has 0 aliphatic heterocycles. The van der Waals surface area contributed by atoms with Crippen molar-refractivity contribution >= 4 is 17.6 Å². The molecule has 1 saturated carbocycles. The van der Waals surface area contributed by atoms with Crippen LogP contribution in [0.4, 0.5) is 10.5 Å². The van der Waals surface area contributed by atoms with Crippen molar-refractivity contribution < 1.29 is 14.3 Å². The van der Waals surface area contributed by atoms with Crippen molar-refractivity contribution in [2.45, 2.75) is 38.3 Å². The number of carbonyl (C=O) groups excluding carboxylic acids is 2. The van der Waals surface area contributed by atoms with Gasteiger partial charge in [0.05, 0.1) is 0 Å². The quantitative estimate of drug-likeness (QED) is 0.596. The number of carbonyl (C=O) groups is 2. The maximum Gasteiger partial charge on any atom is 0.319 e.